The Labute approximate surface area is 72.2 Å². The van der Waals surface area contributed by atoms with Gasteiger partial charge in [-0.05, 0) is 11.4 Å². The van der Waals surface area contributed by atoms with Crippen LogP contribution in [0, 0.1) is 0 Å². The van der Waals surface area contributed by atoms with Gasteiger partial charge in [0.15, 0.2) is 0 Å². The Morgan fingerprint density at radius 2 is 2.27 bits per heavy atom. The second kappa shape index (κ2) is 3.52. The van der Waals surface area contributed by atoms with Gasteiger partial charge in [-0.3, -0.25) is 10.1 Å². The zero-order chi connectivity index (χ0) is 8.27. The van der Waals surface area contributed by atoms with E-state index in [2.05, 4.69) is 26.6 Å². The molecule has 1 aliphatic rings. The molecule has 0 radical (unpaired) electrons. The molecule has 1 fully saturated rings. The summed E-state index contributed by atoms with van der Waals surface area (Å²) in [7, 11) is 0. The van der Waals surface area contributed by atoms with Crippen molar-refractivity contribution in [3.05, 3.63) is 11.1 Å². The first-order valence-electron chi connectivity index (χ1n) is 3.10. The Morgan fingerprint density at radius 3 is 2.73 bits per heavy atom. The molecule has 5 heteroatoms. The lowest BCUT2D eigenvalue weighted by molar-refractivity contribution is -0.120. The number of halogens is 1. The van der Waals surface area contributed by atoms with Crippen molar-refractivity contribution in [1.82, 2.24) is 10.6 Å². The molecule has 1 atom stereocenters. The van der Waals surface area contributed by atoms with Crippen LogP contribution in [0.2, 0.25) is 0 Å². The number of carbonyl (C=O) groups is 2. The number of amides is 3. The van der Waals surface area contributed by atoms with Gasteiger partial charge in [-0.1, -0.05) is 22.0 Å². The molecule has 1 aliphatic heterocycles. The minimum atomic E-state index is -0.414. The largest absolute Gasteiger partial charge is 0.326 e. The third kappa shape index (κ3) is 2.04. The topological polar surface area (TPSA) is 58.2 Å². The predicted molar refractivity (Wildman–Crippen MR) is 43.1 cm³/mol. The van der Waals surface area contributed by atoms with Gasteiger partial charge < -0.3 is 5.32 Å². The van der Waals surface area contributed by atoms with Crippen LogP contribution in [-0.2, 0) is 4.79 Å². The van der Waals surface area contributed by atoms with Crippen LogP contribution in [0.1, 0.15) is 6.42 Å². The van der Waals surface area contributed by atoms with Gasteiger partial charge in [0.05, 0.1) is 0 Å². The van der Waals surface area contributed by atoms with Crippen LogP contribution in [0.15, 0.2) is 11.1 Å². The Kier molecular flexibility index (Phi) is 2.64. The Bertz CT molecular complexity index is 215. The normalized spacial score (nSPS) is 23.9. The molecule has 0 saturated carbocycles. The number of imide groups is 1. The summed E-state index contributed by atoms with van der Waals surface area (Å²) in [5.74, 6) is -0.263. The van der Waals surface area contributed by atoms with E-state index in [1.165, 1.54) is 0 Å². The monoisotopic (exact) mass is 218 g/mol. The van der Waals surface area contributed by atoms with Crippen molar-refractivity contribution < 1.29 is 9.59 Å². The molecular formula is C6H7BrN2O2. The summed E-state index contributed by atoms with van der Waals surface area (Å²) in [4.78, 5) is 23.1. The average molecular weight is 219 g/mol. The number of nitrogens with one attached hydrogen (secondary N) is 2. The molecule has 0 aliphatic carbocycles. The van der Waals surface area contributed by atoms with Gasteiger partial charge in [0.2, 0.25) is 0 Å². The third-order valence-electron chi connectivity index (χ3n) is 1.32. The minimum Gasteiger partial charge on any atom is -0.326 e. The maximum Gasteiger partial charge on any atom is 0.322 e. The summed E-state index contributed by atoms with van der Waals surface area (Å²) >= 11 is 3.07. The fraction of sp³-hybridized carbons (Fsp3) is 0.333. The molecule has 0 spiro atoms. The molecule has 3 amide bonds. The predicted octanol–water partition coefficient (Wildman–Crippen LogP) is 0.493. The molecule has 4 nitrogen and oxygen atoms in total. The molecule has 0 bridgehead atoms. The van der Waals surface area contributed by atoms with Crippen LogP contribution in [-0.4, -0.2) is 18.0 Å². The van der Waals surface area contributed by atoms with E-state index in [-0.39, 0.29) is 5.91 Å². The summed E-state index contributed by atoms with van der Waals surface area (Å²) in [6, 6.07) is -0.820. The molecule has 0 aromatic carbocycles. The van der Waals surface area contributed by atoms with Gasteiger partial charge in [0, 0.05) is 0 Å². The maximum absolute atomic E-state index is 10.8. The van der Waals surface area contributed by atoms with E-state index in [1.807, 2.05) is 0 Å². The van der Waals surface area contributed by atoms with E-state index >= 15 is 0 Å². The average Bonchev–Trinajstić information content (AvgIpc) is 2.26. The zero-order valence-electron chi connectivity index (χ0n) is 5.63. The van der Waals surface area contributed by atoms with Crippen molar-refractivity contribution in [3.63, 3.8) is 0 Å². The molecule has 60 valence electrons. The maximum atomic E-state index is 10.8. The van der Waals surface area contributed by atoms with E-state index in [0.29, 0.717) is 6.42 Å². The Balaban J connectivity index is 2.47. The Morgan fingerprint density at radius 1 is 1.55 bits per heavy atom. The fourth-order valence-corrected chi connectivity index (χ4v) is 1.03. The van der Waals surface area contributed by atoms with Crippen molar-refractivity contribution in [2.45, 2.75) is 12.5 Å². The number of hydrogen-bond donors (Lipinski definition) is 2. The molecule has 11 heavy (non-hydrogen) atoms. The smallest absolute Gasteiger partial charge is 0.322 e. The van der Waals surface area contributed by atoms with Gasteiger partial charge in [-0.2, -0.15) is 0 Å². The summed E-state index contributed by atoms with van der Waals surface area (Å²) in [6.45, 7) is 0. The van der Waals surface area contributed by atoms with Crippen LogP contribution in [0.4, 0.5) is 4.79 Å². The first kappa shape index (κ1) is 8.26. The highest BCUT2D eigenvalue weighted by Crippen LogP contribution is 2.00. The second-order valence-electron chi connectivity index (χ2n) is 2.11. The van der Waals surface area contributed by atoms with Crippen molar-refractivity contribution in [3.8, 4) is 0 Å². The second-order valence-corrected chi connectivity index (χ2v) is 2.64. The summed E-state index contributed by atoms with van der Waals surface area (Å²) in [6.07, 6.45) is 2.28. The standard InChI is InChI=1S/C6H7BrN2O2/c7-3-1-2-4-5(10)9-6(11)8-4/h1,3-4H,2H2,(H2,8,9,10,11). The molecule has 0 aromatic heterocycles. The van der Waals surface area contributed by atoms with Gasteiger partial charge in [-0.15, -0.1) is 0 Å². The van der Waals surface area contributed by atoms with E-state index < -0.39 is 12.1 Å². The molecule has 1 heterocycles. The first-order valence-corrected chi connectivity index (χ1v) is 4.02. The lowest BCUT2D eigenvalue weighted by atomic mass is 10.2. The van der Waals surface area contributed by atoms with Crippen molar-refractivity contribution >= 4 is 27.9 Å². The molecule has 2 N–H and O–H groups in total. The van der Waals surface area contributed by atoms with Crippen LogP contribution >= 0.6 is 15.9 Å². The molecule has 1 rings (SSSR count). The minimum absolute atomic E-state index is 0.263. The van der Waals surface area contributed by atoms with E-state index in [1.54, 1.807) is 11.1 Å². The van der Waals surface area contributed by atoms with Gasteiger partial charge in [-0.25, -0.2) is 4.79 Å². The summed E-state index contributed by atoms with van der Waals surface area (Å²) in [5.41, 5.74) is 0. The summed E-state index contributed by atoms with van der Waals surface area (Å²) in [5, 5.41) is 4.60. The highest BCUT2D eigenvalue weighted by Gasteiger charge is 2.27. The highest BCUT2D eigenvalue weighted by atomic mass is 79.9. The number of carbonyl (C=O) groups excluding carboxylic acids is 2. The third-order valence-corrected chi connectivity index (χ3v) is 1.69. The van der Waals surface area contributed by atoms with Crippen LogP contribution in [0.3, 0.4) is 0 Å². The lowest BCUT2D eigenvalue weighted by Crippen LogP contribution is -2.27. The number of rotatable bonds is 2. The van der Waals surface area contributed by atoms with Crippen molar-refractivity contribution in [2.75, 3.05) is 0 Å². The Hall–Kier alpha value is -0.840. The van der Waals surface area contributed by atoms with Crippen LogP contribution < -0.4 is 10.6 Å². The lowest BCUT2D eigenvalue weighted by Gasteiger charge is -2.00. The van der Waals surface area contributed by atoms with Gasteiger partial charge in [0.25, 0.3) is 5.91 Å². The van der Waals surface area contributed by atoms with E-state index in [0.717, 1.165) is 0 Å². The molecule has 0 aromatic rings. The number of hydrogen-bond acceptors (Lipinski definition) is 2. The van der Waals surface area contributed by atoms with Crippen molar-refractivity contribution in [2.24, 2.45) is 0 Å². The molecule has 1 saturated heterocycles. The number of urea groups is 1. The molecular weight excluding hydrogens is 212 g/mol. The molecule has 1 unspecified atom stereocenters. The van der Waals surface area contributed by atoms with Gasteiger partial charge in [0.1, 0.15) is 6.04 Å². The van der Waals surface area contributed by atoms with E-state index in [4.69, 9.17) is 0 Å². The highest BCUT2D eigenvalue weighted by molar-refractivity contribution is 9.11. The van der Waals surface area contributed by atoms with Gasteiger partial charge >= 0.3 is 6.03 Å². The zero-order valence-corrected chi connectivity index (χ0v) is 7.22. The van der Waals surface area contributed by atoms with E-state index in [9.17, 15) is 9.59 Å². The SMILES string of the molecule is O=C1NC(=O)C(CC=CBr)N1. The fourth-order valence-electron chi connectivity index (χ4n) is 0.812. The van der Waals surface area contributed by atoms with Crippen molar-refractivity contribution in [1.29, 1.82) is 0 Å². The quantitative estimate of drug-likeness (QED) is 0.664. The summed E-state index contributed by atoms with van der Waals surface area (Å²) < 4.78 is 0. The van der Waals surface area contributed by atoms with Crippen LogP contribution in [0.25, 0.3) is 0 Å². The first-order chi connectivity index (χ1) is 5.24. The van der Waals surface area contributed by atoms with Crippen LogP contribution in [0.5, 0.6) is 0 Å².